The maximum absolute atomic E-state index is 12.2. The number of benzene rings is 1. The van der Waals surface area contributed by atoms with Crippen LogP contribution in [0.3, 0.4) is 0 Å². The van der Waals surface area contributed by atoms with Crippen molar-refractivity contribution in [3.63, 3.8) is 0 Å². The van der Waals surface area contributed by atoms with Crippen molar-refractivity contribution in [1.29, 1.82) is 0 Å². The van der Waals surface area contributed by atoms with Gasteiger partial charge in [-0.05, 0) is 18.4 Å². The van der Waals surface area contributed by atoms with Crippen LogP contribution in [0, 0.1) is 5.92 Å². The Kier molecular flexibility index (Phi) is 7.63. The number of carbonyl (C=O) groups excluding carboxylic acids is 2. The van der Waals surface area contributed by atoms with Crippen molar-refractivity contribution < 1.29 is 23.4 Å². The maximum Gasteiger partial charge on any atom is 0.410 e. The van der Waals surface area contributed by atoms with Gasteiger partial charge in [0.2, 0.25) is 0 Å². The van der Waals surface area contributed by atoms with Gasteiger partial charge in [0.15, 0.2) is 8.38 Å². The Hall–Kier alpha value is -1.49. The highest BCUT2D eigenvalue weighted by molar-refractivity contribution is 7.48. The van der Waals surface area contributed by atoms with Crippen LogP contribution in [0.15, 0.2) is 30.3 Å². The first-order valence-corrected chi connectivity index (χ1v) is 9.34. The van der Waals surface area contributed by atoms with E-state index in [0.29, 0.717) is 32.1 Å². The lowest BCUT2D eigenvalue weighted by atomic mass is 9.93. The van der Waals surface area contributed by atoms with Gasteiger partial charge < -0.3 is 18.7 Å². The summed E-state index contributed by atoms with van der Waals surface area (Å²) < 4.78 is 15.6. The topological polar surface area (TPSA) is 65.1 Å². The summed E-state index contributed by atoms with van der Waals surface area (Å²) in [5, 5.41) is 0. The van der Waals surface area contributed by atoms with Crippen LogP contribution in [0.4, 0.5) is 4.79 Å². The molecular weight excluding hydrogens is 329 g/mol. The second kappa shape index (κ2) is 9.72. The molecule has 6 nitrogen and oxygen atoms in total. The molecular formula is C17H24NO5P. The molecule has 1 heterocycles. The van der Waals surface area contributed by atoms with Crippen molar-refractivity contribution in [2.24, 2.45) is 5.92 Å². The van der Waals surface area contributed by atoms with Crippen LogP contribution in [0.2, 0.25) is 0 Å². The molecule has 1 amide bonds. The van der Waals surface area contributed by atoms with Crippen molar-refractivity contribution in [3.05, 3.63) is 35.9 Å². The fourth-order valence-electron chi connectivity index (χ4n) is 2.65. The van der Waals surface area contributed by atoms with E-state index >= 15 is 0 Å². The predicted molar refractivity (Wildman–Crippen MR) is 91.7 cm³/mol. The summed E-state index contributed by atoms with van der Waals surface area (Å²) >= 11 is 0. The van der Waals surface area contributed by atoms with Gasteiger partial charge >= 0.3 is 6.09 Å². The lowest BCUT2D eigenvalue weighted by Crippen LogP contribution is -2.40. The molecule has 1 aromatic carbocycles. The number of amides is 1. The Morgan fingerprint density at radius 1 is 1.12 bits per heavy atom. The van der Waals surface area contributed by atoms with Gasteiger partial charge in [0.05, 0.1) is 6.16 Å². The number of ether oxygens (including phenoxy) is 1. The number of rotatable bonds is 7. The lowest BCUT2D eigenvalue weighted by molar-refractivity contribution is -0.121. The minimum Gasteiger partial charge on any atom is -0.445 e. The molecule has 1 aliphatic heterocycles. The van der Waals surface area contributed by atoms with Crippen LogP contribution in [-0.4, -0.2) is 50.2 Å². The van der Waals surface area contributed by atoms with Crippen LogP contribution in [-0.2, 0) is 25.2 Å². The highest BCUT2D eigenvalue weighted by Gasteiger charge is 2.29. The zero-order chi connectivity index (χ0) is 17.4. The van der Waals surface area contributed by atoms with E-state index in [1.807, 2.05) is 30.3 Å². The molecule has 0 bridgehead atoms. The van der Waals surface area contributed by atoms with E-state index in [9.17, 15) is 9.59 Å². The van der Waals surface area contributed by atoms with Gasteiger partial charge in [-0.1, -0.05) is 30.3 Å². The predicted octanol–water partition coefficient (Wildman–Crippen LogP) is 3.21. The molecule has 2 rings (SSSR count). The van der Waals surface area contributed by atoms with E-state index in [2.05, 4.69) is 0 Å². The monoisotopic (exact) mass is 353 g/mol. The van der Waals surface area contributed by atoms with E-state index in [0.717, 1.165) is 5.56 Å². The number of likely N-dealkylation sites (tertiary alicyclic amines) is 1. The molecule has 1 fully saturated rings. The number of hydrogen-bond acceptors (Lipinski definition) is 5. The third-order valence-electron chi connectivity index (χ3n) is 4.11. The van der Waals surface area contributed by atoms with E-state index < -0.39 is 8.38 Å². The van der Waals surface area contributed by atoms with Gasteiger partial charge in [0.1, 0.15) is 12.4 Å². The second-order valence-corrected chi connectivity index (χ2v) is 7.34. The average Bonchev–Trinajstić information content (AvgIpc) is 2.65. The quantitative estimate of drug-likeness (QED) is 0.704. The fraction of sp³-hybridized carbons (Fsp3) is 0.529. The first-order chi connectivity index (χ1) is 11.6. The Labute approximate surface area is 144 Å². The van der Waals surface area contributed by atoms with Crippen LogP contribution in [0.25, 0.3) is 0 Å². The van der Waals surface area contributed by atoms with Gasteiger partial charge in [-0.2, -0.15) is 0 Å². The summed E-state index contributed by atoms with van der Waals surface area (Å²) in [4.78, 5) is 26.0. The number of hydrogen-bond donors (Lipinski definition) is 0. The van der Waals surface area contributed by atoms with Crippen LogP contribution in [0.5, 0.6) is 0 Å². The largest absolute Gasteiger partial charge is 0.445 e. The van der Waals surface area contributed by atoms with E-state index in [1.165, 1.54) is 0 Å². The number of nitrogens with zero attached hydrogens (tertiary/aromatic N) is 1. The third-order valence-corrected chi connectivity index (χ3v) is 5.49. The molecule has 1 aromatic rings. The molecule has 1 saturated heterocycles. The summed E-state index contributed by atoms with van der Waals surface area (Å²) in [6.07, 6.45) is 1.32. The summed E-state index contributed by atoms with van der Waals surface area (Å²) in [7, 11) is 1.97. The van der Waals surface area contributed by atoms with Crippen molar-refractivity contribution in [2.45, 2.75) is 19.4 Å². The van der Waals surface area contributed by atoms with Crippen molar-refractivity contribution in [1.82, 2.24) is 4.90 Å². The zero-order valence-corrected chi connectivity index (χ0v) is 15.0. The number of ketones is 1. The SMILES string of the molecule is COP(CC(=O)C1CCN(C(=O)OCc2ccccc2)CC1)OC. The van der Waals surface area contributed by atoms with Gasteiger partial charge in [-0.3, -0.25) is 4.79 Å². The molecule has 0 aliphatic carbocycles. The van der Waals surface area contributed by atoms with Gasteiger partial charge in [-0.25, -0.2) is 4.79 Å². The molecule has 0 N–H and O–H groups in total. The van der Waals surface area contributed by atoms with Crippen molar-refractivity contribution >= 4 is 20.3 Å². The summed E-state index contributed by atoms with van der Waals surface area (Å²) in [5.41, 5.74) is 0.961. The maximum atomic E-state index is 12.2. The minimum absolute atomic E-state index is 0.0292. The van der Waals surface area contributed by atoms with Gasteiger partial charge in [0, 0.05) is 33.2 Å². The van der Waals surface area contributed by atoms with Crippen LogP contribution in [0.1, 0.15) is 18.4 Å². The fourth-order valence-corrected chi connectivity index (χ4v) is 3.57. The first kappa shape index (κ1) is 18.8. The molecule has 132 valence electrons. The summed E-state index contributed by atoms with van der Waals surface area (Å²) in [6, 6.07) is 9.58. The Morgan fingerprint density at radius 2 is 1.75 bits per heavy atom. The van der Waals surface area contributed by atoms with Crippen LogP contribution < -0.4 is 0 Å². The number of piperidine rings is 1. The summed E-state index contributed by atoms with van der Waals surface area (Å²) in [6.45, 7) is 1.36. The van der Waals surface area contributed by atoms with Gasteiger partial charge in [0.25, 0.3) is 0 Å². The minimum atomic E-state index is -1.13. The Morgan fingerprint density at radius 3 is 2.33 bits per heavy atom. The standard InChI is InChI=1S/C17H24NO5P/c1-21-24(22-2)13-16(19)15-8-10-18(11-9-15)17(20)23-12-14-6-4-3-5-7-14/h3-7,15H,8-13H2,1-2H3. The Bertz CT molecular complexity index is 527. The third kappa shape index (κ3) is 5.55. The smallest absolute Gasteiger partial charge is 0.410 e. The first-order valence-electron chi connectivity index (χ1n) is 7.98. The molecule has 0 spiro atoms. The van der Waals surface area contributed by atoms with Crippen molar-refractivity contribution in [2.75, 3.05) is 33.5 Å². The molecule has 1 aliphatic rings. The van der Waals surface area contributed by atoms with E-state index in [-0.39, 0.29) is 24.4 Å². The average molecular weight is 353 g/mol. The zero-order valence-electron chi connectivity index (χ0n) is 14.1. The Balaban J connectivity index is 1.73. The van der Waals surface area contributed by atoms with Crippen LogP contribution >= 0.6 is 8.38 Å². The normalized spacial score (nSPS) is 15.5. The highest BCUT2D eigenvalue weighted by Crippen LogP contribution is 2.37. The molecule has 0 unspecified atom stereocenters. The second-order valence-electron chi connectivity index (χ2n) is 5.62. The molecule has 0 aromatic heterocycles. The molecule has 7 heteroatoms. The molecule has 0 atom stereocenters. The van der Waals surface area contributed by atoms with Crippen molar-refractivity contribution in [3.8, 4) is 0 Å². The van der Waals surface area contributed by atoms with E-state index in [1.54, 1.807) is 19.1 Å². The number of carbonyl (C=O) groups is 2. The van der Waals surface area contributed by atoms with E-state index in [4.69, 9.17) is 13.8 Å². The lowest BCUT2D eigenvalue weighted by Gasteiger charge is -2.30. The number of Topliss-reactive ketones (excluding diaryl/α,β-unsaturated/α-hetero) is 1. The highest BCUT2D eigenvalue weighted by atomic mass is 31.2. The molecule has 0 saturated carbocycles. The molecule has 24 heavy (non-hydrogen) atoms. The molecule has 0 radical (unpaired) electrons. The summed E-state index contributed by atoms with van der Waals surface area (Å²) in [5.74, 6) is 0.126. The van der Waals surface area contributed by atoms with Gasteiger partial charge in [-0.15, -0.1) is 0 Å².